The lowest BCUT2D eigenvalue weighted by Gasteiger charge is -2.35. The maximum absolute atomic E-state index is 14.2. The summed E-state index contributed by atoms with van der Waals surface area (Å²) in [6.45, 7) is 6.56. The molecule has 3 aromatic carbocycles. The van der Waals surface area contributed by atoms with Gasteiger partial charge in [0.25, 0.3) is 0 Å². The van der Waals surface area contributed by atoms with Gasteiger partial charge >= 0.3 is 0 Å². The zero-order valence-corrected chi connectivity index (χ0v) is 26.7. The van der Waals surface area contributed by atoms with E-state index in [1.165, 1.54) is 4.90 Å². The first-order chi connectivity index (χ1) is 19.1. The van der Waals surface area contributed by atoms with E-state index in [1.54, 1.807) is 43.3 Å². The molecule has 0 fully saturated rings. The molecule has 0 unspecified atom stereocenters. The molecule has 0 bridgehead atoms. The van der Waals surface area contributed by atoms with Crippen LogP contribution >= 0.6 is 34.8 Å². The van der Waals surface area contributed by atoms with Gasteiger partial charge in [0, 0.05) is 39.1 Å². The lowest BCUT2D eigenvalue weighted by atomic mass is 10.0. The van der Waals surface area contributed by atoms with Gasteiger partial charge in [-0.3, -0.25) is 13.9 Å². The van der Waals surface area contributed by atoms with Crippen molar-refractivity contribution in [3.63, 3.8) is 0 Å². The first-order valence-corrected chi connectivity index (χ1v) is 15.9. The highest BCUT2D eigenvalue weighted by atomic mass is 35.5. The Kier molecular flexibility index (Phi) is 10.7. The summed E-state index contributed by atoms with van der Waals surface area (Å²) in [5.74, 6) is -1.00. The monoisotopic (exact) mass is 637 g/mol. The molecule has 7 nitrogen and oxygen atoms in total. The van der Waals surface area contributed by atoms with Gasteiger partial charge in [0.2, 0.25) is 21.8 Å². The average molecular weight is 639 g/mol. The first-order valence-electron chi connectivity index (χ1n) is 12.9. The molecule has 0 spiro atoms. The number of nitrogens with zero attached hydrogens (tertiary/aromatic N) is 2. The van der Waals surface area contributed by atoms with Gasteiger partial charge in [0.15, 0.2) is 0 Å². The van der Waals surface area contributed by atoms with Gasteiger partial charge in [-0.15, -0.1) is 0 Å². The second kappa shape index (κ2) is 13.5. The van der Waals surface area contributed by atoms with E-state index in [2.05, 4.69) is 5.32 Å². The molecule has 0 aliphatic carbocycles. The average Bonchev–Trinajstić information content (AvgIpc) is 2.85. The van der Waals surface area contributed by atoms with E-state index >= 15 is 0 Å². The van der Waals surface area contributed by atoms with Crippen LogP contribution in [0.15, 0.2) is 66.7 Å². The minimum absolute atomic E-state index is 0.121. The zero-order chi connectivity index (χ0) is 30.5. The molecular weight excluding hydrogens is 605 g/mol. The summed E-state index contributed by atoms with van der Waals surface area (Å²) >= 11 is 19.1. The predicted molar refractivity (Wildman–Crippen MR) is 167 cm³/mol. The number of nitrogens with one attached hydrogen (secondary N) is 1. The molecule has 3 aromatic rings. The molecule has 3 rings (SSSR count). The molecule has 0 aliphatic rings. The number of halogens is 3. The standard InChI is InChI=1S/C30H34Cl3N3O4S/c1-20-16-22(31)14-15-26(20)36(41(5,39)40)19-28(37)35(18-23-24(32)12-9-13-25(23)33)27(29(38)34-30(2,3)4)17-21-10-7-6-8-11-21/h6-16,27H,17-19H2,1-5H3,(H,34,38)/t27-/m1/s1. The van der Waals surface area contributed by atoms with Crippen molar-refractivity contribution >= 4 is 62.3 Å². The van der Waals surface area contributed by atoms with Crippen LogP contribution in [-0.4, -0.2) is 49.5 Å². The number of rotatable bonds is 10. The van der Waals surface area contributed by atoms with Crippen molar-refractivity contribution in [2.24, 2.45) is 0 Å². The van der Waals surface area contributed by atoms with Crippen LogP contribution in [-0.2, 0) is 32.6 Å². The van der Waals surface area contributed by atoms with Crippen molar-refractivity contribution in [1.82, 2.24) is 10.2 Å². The van der Waals surface area contributed by atoms with Crippen LogP contribution in [0.5, 0.6) is 0 Å². The molecule has 2 amide bonds. The fourth-order valence-corrected chi connectivity index (χ4v) is 6.00. The van der Waals surface area contributed by atoms with Crippen LogP contribution < -0.4 is 9.62 Å². The van der Waals surface area contributed by atoms with Crippen molar-refractivity contribution in [2.45, 2.75) is 52.2 Å². The molecule has 1 atom stereocenters. The number of carbonyl (C=O) groups is 2. The SMILES string of the molecule is Cc1cc(Cl)ccc1N(CC(=O)N(Cc1c(Cl)cccc1Cl)[C@H](Cc1ccccc1)C(=O)NC(C)(C)C)S(C)(=O)=O. The maximum Gasteiger partial charge on any atom is 0.244 e. The highest BCUT2D eigenvalue weighted by Crippen LogP contribution is 2.29. The van der Waals surface area contributed by atoms with Crippen molar-refractivity contribution in [3.05, 3.63) is 98.5 Å². The van der Waals surface area contributed by atoms with Crippen LogP contribution in [0.4, 0.5) is 5.69 Å². The van der Waals surface area contributed by atoms with Gasteiger partial charge in [-0.05, 0) is 69.2 Å². The summed E-state index contributed by atoms with van der Waals surface area (Å²) in [6, 6.07) is 18.0. The van der Waals surface area contributed by atoms with Crippen LogP contribution in [0.2, 0.25) is 15.1 Å². The molecule has 0 aromatic heterocycles. The molecule has 0 saturated carbocycles. The fourth-order valence-electron chi connectivity index (χ4n) is 4.35. The number of benzene rings is 3. The largest absolute Gasteiger partial charge is 0.350 e. The Balaban J connectivity index is 2.14. The number of hydrogen-bond acceptors (Lipinski definition) is 4. The van der Waals surface area contributed by atoms with Gasteiger partial charge in [-0.2, -0.15) is 0 Å². The smallest absolute Gasteiger partial charge is 0.244 e. The predicted octanol–water partition coefficient (Wildman–Crippen LogP) is 6.28. The Bertz CT molecular complexity index is 1490. The van der Waals surface area contributed by atoms with Crippen LogP contribution in [0.1, 0.15) is 37.5 Å². The topological polar surface area (TPSA) is 86.8 Å². The molecule has 0 saturated heterocycles. The second-order valence-electron chi connectivity index (χ2n) is 10.9. The zero-order valence-electron chi connectivity index (χ0n) is 23.6. The highest BCUT2D eigenvalue weighted by Gasteiger charge is 2.35. The van der Waals surface area contributed by atoms with E-state index in [0.717, 1.165) is 16.1 Å². The molecule has 0 heterocycles. The number of carbonyl (C=O) groups excluding carboxylic acids is 2. The lowest BCUT2D eigenvalue weighted by molar-refractivity contribution is -0.140. The summed E-state index contributed by atoms with van der Waals surface area (Å²) in [6.07, 6.45) is 1.20. The van der Waals surface area contributed by atoms with Crippen LogP contribution in [0.25, 0.3) is 0 Å². The summed E-state index contributed by atoms with van der Waals surface area (Å²) in [7, 11) is -3.91. The number of amides is 2. The van der Waals surface area contributed by atoms with Crippen molar-refractivity contribution < 1.29 is 18.0 Å². The van der Waals surface area contributed by atoms with E-state index < -0.39 is 40.0 Å². The third-order valence-electron chi connectivity index (χ3n) is 6.27. The van der Waals surface area contributed by atoms with E-state index in [-0.39, 0.29) is 13.0 Å². The van der Waals surface area contributed by atoms with Gasteiger partial charge in [-0.25, -0.2) is 8.42 Å². The van der Waals surface area contributed by atoms with Gasteiger partial charge < -0.3 is 10.2 Å². The van der Waals surface area contributed by atoms with Gasteiger partial charge in [-0.1, -0.05) is 71.2 Å². The van der Waals surface area contributed by atoms with Crippen LogP contribution in [0.3, 0.4) is 0 Å². The minimum Gasteiger partial charge on any atom is -0.350 e. The van der Waals surface area contributed by atoms with Crippen molar-refractivity contribution in [3.8, 4) is 0 Å². The number of sulfonamides is 1. The van der Waals surface area contributed by atoms with E-state index in [0.29, 0.717) is 31.9 Å². The van der Waals surface area contributed by atoms with E-state index in [9.17, 15) is 18.0 Å². The Hall–Kier alpha value is -2.78. The summed E-state index contributed by atoms with van der Waals surface area (Å²) in [5.41, 5.74) is 1.54. The number of aryl methyl sites for hydroxylation is 1. The third-order valence-corrected chi connectivity index (χ3v) is 8.34. The molecule has 11 heteroatoms. The Labute approximate surface area is 257 Å². The highest BCUT2D eigenvalue weighted by molar-refractivity contribution is 7.92. The molecule has 0 radical (unpaired) electrons. The summed E-state index contributed by atoms with van der Waals surface area (Å²) in [5, 5.41) is 4.04. The minimum atomic E-state index is -3.91. The lowest BCUT2D eigenvalue weighted by Crippen LogP contribution is -2.56. The van der Waals surface area contributed by atoms with Crippen molar-refractivity contribution in [1.29, 1.82) is 0 Å². The second-order valence-corrected chi connectivity index (χ2v) is 14.0. The molecule has 1 N–H and O–H groups in total. The van der Waals surface area contributed by atoms with Gasteiger partial charge in [0.1, 0.15) is 12.6 Å². The van der Waals surface area contributed by atoms with Crippen molar-refractivity contribution in [2.75, 3.05) is 17.1 Å². The molecular formula is C30H34Cl3N3O4S. The van der Waals surface area contributed by atoms with E-state index in [1.807, 2.05) is 51.1 Å². The van der Waals surface area contributed by atoms with E-state index in [4.69, 9.17) is 34.8 Å². The Morgan fingerprint density at radius 3 is 2.07 bits per heavy atom. The first kappa shape index (κ1) is 32.7. The van der Waals surface area contributed by atoms with Crippen LogP contribution in [0, 0.1) is 6.92 Å². The number of anilines is 1. The third kappa shape index (κ3) is 9.10. The number of hydrogen-bond donors (Lipinski definition) is 1. The maximum atomic E-state index is 14.2. The summed E-state index contributed by atoms with van der Waals surface area (Å²) in [4.78, 5) is 29.4. The van der Waals surface area contributed by atoms with Gasteiger partial charge in [0.05, 0.1) is 11.9 Å². The normalized spacial score (nSPS) is 12.5. The summed E-state index contributed by atoms with van der Waals surface area (Å²) < 4.78 is 27.0. The Morgan fingerprint density at radius 1 is 0.927 bits per heavy atom. The quantitative estimate of drug-likeness (QED) is 0.283. The molecule has 0 aliphatic heterocycles. The molecule has 220 valence electrons. The fraction of sp³-hybridized carbons (Fsp3) is 0.333. The Morgan fingerprint density at radius 2 is 1.54 bits per heavy atom. The molecule has 41 heavy (non-hydrogen) atoms.